The lowest BCUT2D eigenvalue weighted by atomic mass is 9.80. The fourth-order valence-corrected chi connectivity index (χ4v) is 5.59. The molecule has 0 spiro atoms. The van der Waals surface area contributed by atoms with Crippen molar-refractivity contribution in [2.75, 3.05) is 27.4 Å². The Balaban J connectivity index is 1.43. The molecule has 1 aliphatic heterocycles. The molecule has 3 aromatic carbocycles. The second-order valence-corrected chi connectivity index (χ2v) is 11.1. The second kappa shape index (κ2) is 14.9. The van der Waals surface area contributed by atoms with Crippen LogP contribution in [0.15, 0.2) is 101 Å². The van der Waals surface area contributed by atoms with E-state index >= 15 is 0 Å². The number of aromatic amines is 1. The number of alkyl halides is 3. The molecule has 258 valence electrons. The number of H-pyrrole nitrogens is 1. The summed E-state index contributed by atoms with van der Waals surface area (Å²) in [5, 5.41) is 12.8. The highest BCUT2D eigenvalue weighted by molar-refractivity contribution is 5.81. The highest BCUT2D eigenvalue weighted by Crippen LogP contribution is 2.42. The van der Waals surface area contributed by atoms with E-state index in [1.165, 1.54) is 6.20 Å². The van der Waals surface area contributed by atoms with Gasteiger partial charge in [0.15, 0.2) is 0 Å². The second-order valence-electron chi connectivity index (χ2n) is 11.1. The molecule has 1 amide bonds. The first-order chi connectivity index (χ1) is 23.5. The molecule has 0 saturated carbocycles. The number of carbonyl (C=O) groups is 1. The summed E-state index contributed by atoms with van der Waals surface area (Å²) in [6.07, 6.45) is -4.63. The molecule has 5 rings (SSSR count). The Kier molecular flexibility index (Phi) is 10.7. The van der Waals surface area contributed by atoms with Gasteiger partial charge in [0.05, 0.1) is 32.5 Å². The summed E-state index contributed by atoms with van der Waals surface area (Å²) in [5.74, 6) is -0.846. The minimum absolute atomic E-state index is 0.0336. The zero-order valence-corrected chi connectivity index (χ0v) is 26.5. The fourth-order valence-electron chi connectivity index (χ4n) is 5.59. The van der Waals surface area contributed by atoms with Gasteiger partial charge in [0.25, 0.3) is 5.56 Å². The van der Waals surface area contributed by atoms with E-state index in [9.17, 15) is 32.7 Å². The SMILES string of the molecule is COc1ccc(C(OCC2OC(n3cc(/C=C/CNC(=O)C(F)(F)F)c(=O)[nH]c3=O)CC2O)(c2ccccc2)c2ccc(OC)cc2)cc1. The third-order valence-electron chi connectivity index (χ3n) is 8.08. The number of nitrogens with one attached hydrogen (secondary N) is 2. The van der Waals surface area contributed by atoms with E-state index in [4.69, 9.17) is 18.9 Å². The van der Waals surface area contributed by atoms with Crippen LogP contribution in [0.25, 0.3) is 6.08 Å². The maximum atomic E-state index is 12.8. The van der Waals surface area contributed by atoms with Gasteiger partial charge in [-0.1, -0.05) is 66.7 Å². The summed E-state index contributed by atoms with van der Waals surface area (Å²) >= 11 is 0. The van der Waals surface area contributed by atoms with Crippen molar-refractivity contribution in [1.82, 2.24) is 14.9 Å². The number of ether oxygens (including phenoxy) is 4. The lowest BCUT2D eigenvalue weighted by molar-refractivity contribution is -0.173. The summed E-state index contributed by atoms with van der Waals surface area (Å²) in [6.45, 7) is -0.644. The number of methoxy groups -OCH3 is 2. The Labute approximate surface area is 278 Å². The number of hydrogen-bond acceptors (Lipinski definition) is 8. The van der Waals surface area contributed by atoms with E-state index in [-0.39, 0.29) is 18.6 Å². The van der Waals surface area contributed by atoms with Crippen LogP contribution in [0.1, 0.15) is 34.9 Å². The minimum atomic E-state index is -5.05. The van der Waals surface area contributed by atoms with Gasteiger partial charge in [-0.2, -0.15) is 13.2 Å². The lowest BCUT2D eigenvalue weighted by Gasteiger charge is -2.37. The largest absolute Gasteiger partial charge is 0.497 e. The molecule has 2 heterocycles. The number of aromatic nitrogens is 2. The van der Waals surface area contributed by atoms with E-state index in [1.54, 1.807) is 19.5 Å². The van der Waals surface area contributed by atoms with E-state index < -0.39 is 53.9 Å². The van der Waals surface area contributed by atoms with Gasteiger partial charge in [0.1, 0.15) is 29.4 Å². The number of nitrogens with zero attached hydrogens (tertiary/aromatic N) is 1. The molecule has 11 nitrogen and oxygen atoms in total. The molecule has 4 aromatic rings. The monoisotopic (exact) mass is 681 g/mol. The lowest BCUT2D eigenvalue weighted by Crippen LogP contribution is -2.38. The van der Waals surface area contributed by atoms with Crippen LogP contribution in [-0.2, 0) is 19.9 Å². The highest BCUT2D eigenvalue weighted by Gasteiger charge is 2.42. The van der Waals surface area contributed by atoms with E-state index in [0.717, 1.165) is 33.4 Å². The number of carbonyl (C=O) groups excluding carboxylic acids is 1. The molecular formula is C35H34F3N3O8. The van der Waals surface area contributed by atoms with Crippen molar-refractivity contribution >= 4 is 12.0 Å². The Morgan fingerprint density at radius 1 is 0.959 bits per heavy atom. The number of hydrogen-bond donors (Lipinski definition) is 3. The zero-order valence-electron chi connectivity index (χ0n) is 26.5. The Morgan fingerprint density at radius 2 is 1.53 bits per heavy atom. The molecule has 3 N–H and O–H groups in total. The topological polar surface area (TPSA) is 141 Å². The number of halogens is 3. The van der Waals surface area contributed by atoms with Gasteiger partial charge in [0.2, 0.25) is 0 Å². The van der Waals surface area contributed by atoms with Crippen LogP contribution in [0.3, 0.4) is 0 Å². The normalized spacial score (nSPS) is 18.0. The first-order valence-electron chi connectivity index (χ1n) is 15.2. The van der Waals surface area contributed by atoms with E-state index in [0.29, 0.717) is 11.5 Å². The van der Waals surface area contributed by atoms with Crippen LogP contribution in [0.5, 0.6) is 11.5 Å². The molecule has 1 aromatic heterocycles. The smallest absolute Gasteiger partial charge is 0.471 e. The molecule has 0 bridgehead atoms. The van der Waals surface area contributed by atoms with Gasteiger partial charge in [-0.3, -0.25) is 19.1 Å². The summed E-state index contributed by atoms with van der Waals surface area (Å²) in [4.78, 5) is 38.4. The third-order valence-corrected chi connectivity index (χ3v) is 8.08. The van der Waals surface area contributed by atoms with Gasteiger partial charge >= 0.3 is 17.8 Å². The van der Waals surface area contributed by atoms with E-state index in [2.05, 4.69) is 4.98 Å². The Bertz CT molecular complexity index is 1830. The standard InChI is InChI=1S/C35H34F3N3O8/c1-46-26-14-10-24(11-15-26)34(23-8-4-3-5-9-23,25-12-16-27(47-2)17-13-25)48-21-29-28(42)19-30(49-29)41-20-22(31(43)40-33(41)45)7-6-18-39-32(44)35(36,37)38/h3-17,20,28-30,42H,18-19,21H2,1-2H3,(H,39,44)(H,40,43,45)/b7-6+. The average Bonchev–Trinajstić information content (AvgIpc) is 3.47. The molecule has 49 heavy (non-hydrogen) atoms. The molecule has 3 unspecified atom stereocenters. The molecule has 0 radical (unpaired) electrons. The molecule has 14 heteroatoms. The van der Waals surface area contributed by atoms with Crippen molar-refractivity contribution in [3.05, 3.63) is 134 Å². The molecule has 1 fully saturated rings. The summed E-state index contributed by atoms with van der Waals surface area (Å²) in [6, 6.07) is 24.3. The molecule has 1 saturated heterocycles. The fraction of sp³-hybridized carbons (Fsp3) is 0.286. The van der Waals surface area contributed by atoms with Gasteiger partial charge in [-0.25, -0.2) is 4.79 Å². The summed E-state index contributed by atoms with van der Waals surface area (Å²) in [7, 11) is 3.14. The minimum Gasteiger partial charge on any atom is -0.497 e. The number of benzene rings is 3. The van der Waals surface area contributed by atoms with Crippen LogP contribution in [0, 0.1) is 0 Å². The van der Waals surface area contributed by atoms with Crippen LogP contribution < -0.4 is 26.0 Å². The quantitative estimate of drug-likeness (QED) is 0.191. The van der Waals surface area contributed by atoms with Crippen molar-refractivity contribution in [2.45, 2.75) is 36.6 Å². The average molecular weight is 682 g/mol. The van der Waals surface area contributed by atoms with Gasteiger partial charge < -0.3 is 29.4 Å². The summed E-state index contributed by atoms with van der Waals surface area (Å²) in [5.41, 5.74) is -0.599. The number of aliphatic hydroxyl groups is 1. The number of rotatable bonds is 12. The Morgan fingerprint density at radius 3 is 2.08 bits per heavy atom. The molecule has 3 atom stereocenters. The van der Waals surface area contributed by atoms with Crippen molar-refractivity contribution in [1.29, 1.82) is 0 Å². The molecular weight excluding hydrogens is 647 g/mol. The zero-order chi connectivity index (χ0) is 35.2. The summed E-state index contributed by atoms with van der Waals surface area (Å²) < 4.78 is 62.1. The van der Waals surface area contributed by atoms with Crippen LogP contribution in [-0.4, -0.2) is 66.3 Å². The van der Waals surface area contributed by atoms with Gasteiger partial charge in [0, 0.05) is 19.2 Å². The first-order valence-corrected chi connectivity index (χ1v) is 15.2. The maximum absolute atomic E-state index is 12.8. The highest BCUT2D eigenvalue weighted by atomic mass is 19.4. The van der Waals surface area contributed by atoms with E-state index in [1.807, 2.05) is 78.9 Å². The van der Waals surface area contributed by atoms with Gasteiger partial charge in [-0.15, -0.1) is 0 Å². The molecule has 0 aliphatic carbocycles. The first kappa shape index (κ1) is 35.1. The Hall–Kier alpha value is -5.18. The van der Waals surface area contributed by atoms with Gasteiger partial charge in [-0.05, 0) is 41.0 Å². The van der Waals surface area contributed by atoms with Crippen LogP contribution in [0.4, 0.5) is 13.2 Å². The number of aliphatic hydroxyl groups excluding tert-OH is 1. The van der Waals surface area contributed by atoms with Crippen molar-refractivity contribution in [3.63, 3.8) is 0 Å². The number of amides is 1. The van der Waals surface area contributed by atoms with Crippen molar-refractivity contribution in [3.8, 4) is 11.5 Å². The predicted molar refractivity (Wildman–Crippen MR) is 172 cm³/mol. The van der Waals surface area contributed by atoms with Crippen molar-refractivity contribution in [2.24, 2.45) is 0 Å². The van der Waals surface area contributed by atoms with Crippen LogP contribution in [0.2, 0.25) is 0 Å². The predicted octanol–water partition coefficient (Wildman–Crippen LogP) is 3.90. The van der Waals surface area contributed by atoms with Crippen molar-refractivity contribution < 1.29 is 42.0 Å². The maximum Gasteiger partial charge on any atom is 0.471 e. The molecule has 1 aliphatic rings. The van der Waals surface area contributed by atoms with Crippen LogP contribution >= 0.6 is 0 Å². The third kappa shape index (κ3) is 7.77.